The van der Waals surface area contributed by atoms with Crippen molar-refractivity contribution in [2.45, 2.75) is 6.04 Å². The van der Waals surface area contributed by atoms with E-state index in [4.69, 9.17) is 10.5 Å². The Labute approximate surface area is 118 Å². The van der Waals surface area contributed by atoms with E-state index in [0.717, 1.165) is 42.8 Å². The lowest BCUT2D eigenvalue weighted by Crippen LogP contribution is -2.48. The number of para-hydroxylation sites is 1. The van der Waals surface area contributed by atoms with Gasteiger partial charge in [-0.2, -0.15) is 0 Å². The van der Waals surface area contributed by atoms with E-state index in [1.807, 2.05) is 12.3 Å². The van der Waals surface area contributed by atoms with Gasteiger partial charge in [-0.25, -0.2) is 10.4 Å². The minimum Gasteiger partial charge on any atom is -0.379 e. The summed E-state index contributed by atoms with van der Waals surface area (Å²) in [5.74, 6) is 0. The number of morpholine rings is 1. The molecule has 0 amide bonds. The predicted molar refractivity (Wildman–Crippen MR) is 79.1 cm³/mol. The van der Waals surface area contributed by atoms with Crippen LogP contribution in [0.4, 0.5) is 0 Å². The van der Waals surface area contributed by atoms with Crippen molar-refractivity contribution in [1.29, 1.82) is 0 Å². The monoisotopic (exact) mass is 272 g/mol. The van der Waals surface area contributed by atoms with E-state index < -0.39 is 0 Å². The quantitative estimate of drug-likeness (QED) is 0.872. The summed E-state index contributed by atoms with van der Waals surface area (Å²) in [7, 11) is 0. The highest BCUT2D eigenvalue weighted by molar-refractivity contribution is 5.82. The fourth-order valence-electron chi connectivity index (χ4n) is 2.57. The number of hydrogen-bond donors (Lipinski definition) is 2. The SMILES string of the molecule is NCC(NN1CCOCC1)c1cccc2cccnc12. The highest BCUT2D eigenvalue weighted by atomic mass is 16.5. The first-order chi connectivity index (χ1) is 9.88. The van der Waals surface area contributed by atoms with E-state index in [1.54, 1.807) is 0 Å². The summed E-state index contributed by atoms with van der Waals surface area (Å²) in [6.07, 6.45) is 1.83. The van der Waals surface area contributed by atoms with Gasteiger partial charge in [-0.1, -0.05) is 24.3 Å². The molecule has 1 fully saturated rings. The number of benzene rings is 1. The molecule has 5 heteroatoms. The maximum atomic E-state index is 5.96. The molecule has 2 aromatic rings. The van der Waals surface area contributed by atoms with Crippen LogP contribution in [0.3, 0.4) is 0 Å². The number of aromatic nitrogens is 1. The van der Waals surface area contributed by atoms with Crippen LogP contribution >= 0.6 is 0 Å². The van der Waals surface area contributed by atoms with Gasteiger partial charge in [0.1, 0.15) is 0 Å². The first-order valence-corrected chi connectivity index (χ1v) is 7.01. The molecule has 0 spiro atoms. The van der Waals surface area contributed by atoms with Crippen LogP contribution in [0.2, 0.25) is 0 Å². The Kier molecular flexibility index (Phi) is 4.22. The van der Waals surface area contributed by atoms with Crippen molar-refractivity contribution >= 4 is 10.9 Å². The first-order valence-electron chi connectivity index (χ1n) is 7.01. The number of nitrogens with zero attached hydrogens (tertiary/aromatic N) is 2. The highest BCUT2D eigenvalue weighted by Crippen LogP contribution is 2.22. The Bertz CT molecular complexity index is 563. The van der Waals surface area contributed by atoms with Gasteiger partial charge in [0.15, 0.2) is 0 Å². The fraction of sp³-hybridized carbons (Fsp3) is 0.400. The third-order valence-corrected chi connectivity index (χ3v) is 3.62. The molecular formula is C15H20N4O. The molecule has 3 rings (SSSR count). The number of nitrogens with two attached hydrogens (primary N) is 1. The molecule has 1 aliphatic heterocycles. The third kappa shape index (κ3) is 2.81. The van der Waals surface area contributed by atoms with Crippen molar-refractivity contribution in [3.8, 4) is 0 Å². The number of hydrogen-bond acceptors (Lipinski definition) is 5. The van der Waals surface area contributed by atoms with Crippen molar-refractivity contribution in [2.75, 3.05) is 32.8 Å². The molecule has 1 saturated heterocycles. The molecule has 0 saturated carbocycles. The van der Waals surface area contributed by atoms with Crippen LogP contribution in [0.5, 0.6) is 0 Å². The molecular weight excluding hydrogens is 252 g/mol. The van der Waals surface area contributed by atoms with Crippen LogP contribution in [-0.4, -0.2) is 42.8 Å². The molecule has 1 unspecified atom stereocenters. The normalized spacial score (nSPS) is 18.2. The summed E-state index contributed by atoms with van der Waals surface area (Å²) in [6.45, 7) is 3.83. The topological polar surface area (TPSA) is 63.4 Å². The number of pyridine rings is 1. The van der Waals surface area contributed by atoms with E-state index in [0.29, 0.717) is 6.54 Å². The van der Waals surface area contributed by atoms with E-state index in [-0.39, 0.29) is 6.04 Å². The van der Waals surface area contributed by atoms with Gasteiger partial charge in [-0.05, 0) is 11.6 Å². The number of fused-ring (bicyclic) bond motifs is 1. The van der Waals surface area contributed by atoms with Crippen LogP contribution in [-0.2, 0) is 4.74 Å². The van der Waals surface area contributed by atoms with Crippen LogP contribution < -0.4 is 11.2 Å². The summed E-state index contributed by atoms with van der Waals surface area (Å²) >= 11 is 0. The zero-order valence-corrected chi connectivity index (χ0v) is 11.5. The molecule has 2 heterocycles. The Morgan fingerprint density at radius 3 is 2.85 bits per heavy atom. The predicted octanol–water partition coefficient (Wildman–Crippen LogP) is 1.07. The van der Waals surface area contributed by atoms with Crippen molar-refractivity contribution in [2.24, 2.45) is 5.73 Å². The lowest BCUT2D eigenvalue weighted by Gasteiger charge is -2.31. The second kappa shape index (κ2) is 6.28. The molecule has 20 heavy (non-hydrogen) atoms. The van der Waals surface area contributed by atoms with Gasteiger partial charge >= 0.3 is 0 Å². The Balaban J connectivity index is 1.86. The smallest absolute Gasteiger partial charge is 0.0750 e. The second-order valence-electron chi connectivity index (χ2n) is 4.94. The van der Waals surface area contributed by atoms with Crippen LogP contribution in [0.1, 0.15) is 11.6 Å². The third-order valence-electron chi connectivity index (χ3n) is 3.62. The molecule has 1 atom stereocenters. The van der Waals surface area contributed by atoms with Crippen molar-refractivity contribution in [1.82, 2.24) is 15.4 Å². The molecule has 0 bridgehead atoms. The average Bonchev–Trinajstić information content (AvgIpc) is 2.53. The zero-order chi connectivity index (χ0) is 13.8. The summed E-state index contributed by atoms with van der Waals surface area (Å²) in [4.78, 5) is 4.50. The van der Waals surface area contributed by atoms with E-state index >= 15 is 0 Å². The summed E-state index contributed by atoms with van der Waals surface area (Å²) in [5.41, 5.74) is 11.6. The largest absolute Gasteiger partial charge is 0.379 e. The molecule has 0 aliphatic carbocycles. The van der Waals surface area contributed by atoms with Gasteiger partial charge in [0.2, 0.25) is 0 Å². The first kappa shape index (κ1) is 13.5. The van der Waals surface area contributed by atoms with Gasteiger partial charge in [-0.3, -0.25) is 4.98 Å². The fourth-order valence-corrected chi connectivity index (χ4v) is 2.57. The van der Waals surface area contributed by atoms with Gasteiger partial charge in [0, 0.05) is 31.2 Å². The Hall–Kier alpha value is -1.53. The highest BCUT2D eigenvalue weighted by Gasteiger charge is 2.18. The number of hydrazine groups is 1. The standard InChI is InChI=1S/C15H20N4O/c16-11-14(18-19-7-9-20-10-8-19)13-5-1-3-12-4-2-6-17-15(12)13/h1-6,14,18H,7-11,16H2. The van der Waals surface area contributed by atoms with Gasteiger partial charge in [-0.15, -0.1) is 0 Å². The summed E-state index contributed by atoms with van der Waals surface area (Å²) < 4.78 is 5.37. The lowest BCUT2D eigenvalue weighted by atomic mass is 10.0. The molecule has 5 nitrogen and oxygen atoms in total. The summed E-state index contributed by atoms with van der Waals surface area (Å²) in [6, 6.07) is 10.3. The molecule has 0 radical (unpaired) electrons. The number of rotatable bonds is 4. The van der Waals surface area contributed by atoms with Crippen LogP contribution in [0.25, 0.3) is 10.9 Å². The number of nitrogens with one attached hydrogen (secondary N) is 1. The van der Waals surface area contributed by atoms with E-state index in [1.165, 1.54) is 0 Å². The lowest BCUT2D eigenvalue weighted by molar-refractivity contribution is 0.00415. The molecule has 1 aromatic carbocycles. The van der Waals surface area contributed by atoms with Gasteiger partial charge in [0.05, 0.1) is 24.8 Å². The average molecular weight is 272 g/mol. The maximum absolute atomic E-state index is 5.96. The second-order valence-corrected chi connectivity index (χ2v) is 4.94. The molecule has 3 N–H and O–H groups in total. The molecule has 1 aliphatic rings. The zero-order valence-electron chi connectivity index (χ0n) is 11.5. The van der Waals surface area contributed by atoms with Gasteiger partial charge < -0.3 is 10.5 Å². The van der Waals surface area contributed by atoms with Crippen LogP contribution in [0, 0.1) is 0 Å². The maximum Gasteiger partial charge on any atom is 0.0750 e. The molecule has 106 valence electrons. The number of ether oxygens (including phenoxy) is 1. The van der Waals surface area contributed by atoms with Crippen molar-refractivity contribution in [3.05, 3.63) is 42.1 Å². The van der Waals surface area contributed by atoms with Crippen LogP contribution in [0.15, 0.2) is 36.5 Å². The minimum absolute atomic E-state index is 0.0756. The van der Waals surface area contributed by atoms with E-state index in [2.05, 4.69) is 39.7 Å². The van der Waals surface area contributed by atoms with Gasteiger partial charge in [0.25, 0.3) is 0 Å². The summed E-state index contributed by atoms with van der Waals surface area (Å²) in [5, 5.41) is 3.33. The van der Waals surface area contributed by atoms with Crippen molar-refractivity contribution < 1.29 is 4.74 Å². The molecule has 1 aromatic heterocycles. The van der Waals surface area contributed by atoms with Crippen molar-refractivity contribution in [3.63, 3.8) is 0 Å². The minimum atomic E-state index is 0.0756. The Morgan fingerprint density at radius 2 is 2.05 bits per heavy atom. The van der Waals surface area contributed by atoms with E-state index in [9.17, 15) is 0 Å². The Morgan fingerprint density at radius 1 is 1.25 bits per heavy atom.